The predicted molar refractivity (Wildman–Crippen MR) is 71.4 cm³/mol. The highest BCUT2D eigenvalue weighted by Gasteiger charge is 2.32. The molecule has 1 saturated carbocycles. The van der Waals surface area contributed by atoms with Crippen molar-refractivity contribution in [1.82, 2.24) is 10.0 Å². The molecule has 17 heavy (non-hydrogen) atoms. The molecule has 2 N–H and O–H groups in total. The molecule has 0 spiro atoms. The summed E-state index contributed by atoms with van der Waals surface area (Å²) in [6, 6.07) is 0.473. The number of sulfonamides is 1. The monoisotopic (exact) mass is 262 g/mol. The van der Waals surface area contributed by atoms with Crippen LogP contribution in [0.4, 0.5) is 0 Å². The van der Waals surface area contributed by atoms with Crippen LogP contribution in [0.2, 0.25) is 0 Å². The van der Waals surface area contributed by atoms with Crippen LogP contribution in [0.3, 0.4) is 0 Å². The van der Waals surface area contributed by atoms with Gasteiger partial charge in [0.2, 0.25) is 10.0 Å². The van der Waals surface area contributed by atoms with Gasteiger partial charge in [-0.3, -0.25) is 0 Å². The van der Waals surface area contributed by atoms with E-state index < -0.39 is 10.0 Å². The molecule has 5 heteroatoms. The molecule has 2 unspecified atom stereocenters. The van der Waals surface area contributed by atoms with E-state index in [2.05, 4.69) is 30.8 Å². The summed E-state index contributed by atoms with van der Waals surface area (Å²) in [6.45, 7) is 7.88. The van der Waals surface area contributed by atoms with E-state index in [1.807, 2.05) is 0 Å². The van der Waals surface area contributed by atoms with E-state index in [9.17, 15) is 8.42 Å². The van der Waals surface area contributed by atoms with Crippen molar-refractivity contribution in [3.63, 3.8) is 0 Å². The van der Waals surface area contributed by atoms with Crippen LogP contribution in [-0.2, 0) is 10.0 Å². The summed E-state index contributed by atoms with van der Waals surface area (Å²) in [4.78, 5) is 0. The molecule has 0 aromatic carbocycles. The molecule has 0 bridgehead atoms. The average molecular weight is 262 g/mol. The smallest absolute Gasteiger partial charge is 0.211 e. The van der Waals surface area contributed by atoms with Gasteiger partial charge in [0.15, 0.2) is 0 Å². The van der Waals surface area contributed by atoms with Crippen molar-refractivity contribution < 1.29 is 8.42 Å². The minimum Gasteiger partial charge on any atom is -0.315 e. The highest BCUT2D eigenvalue weighted by atomic mass is 32.2. The molecule has 0 aromatic rings. The van der Waals surface area contributed by atoms with Crippen molar-refractivity contribution >= 4 is 10.0 Å². The zero-order valence-electron chi connectivity index (χ0n) is 11.2. The Balaban J connectivity index is 2.03. The maximum absolute atomic E-state index is 11.6. The van der Waals surface area contributed by atoms with Gasteiger partial charge in [0.05, 0.1) is 5.75 Å². The fourth-order valence-electron chi connectivity index (χ4n) is 1.80. The van der Waals surface area contributed by atoms with E-state index in [4.69, 9.17) is 0 Å². The standard InChI is InChI=1S/C12H26N2O2S/c1-10(2)13-6-4-5-7-17(15,16)14-9-12-8-11(12)3/h10-14H,4-9H2,1-3H3. The first kappa shape index (κ1) is 14.9. The van der Waals surface area contributed by atoms with Crippen LogP contribution in [0.1, 0.15) is 40.0 Å². The molecule has 0 aromatic heterocycles. The van der Waals surface area contributed by atoms with Crippen molar-refractivity contribution in [3.8, 4) is 0 Å². The summed E-state index contributed by atoms with van der Waals surface area (Å²) >= 11 is 0. The number of unbranched alkanes of at least 4 members (excludes halogenated alkanes) is 1. The molecule has 1 rings (SSSR count). The van der Waals surface area contributed by atoms with Crippen LogP contribution in [0, 0.1) is 11.8 Å². The van der Waals surface area contributed by atoms with Gasteiger partial charge in [-0.2, -0.15) is 0 Å². The molecular formula is C12H26N2O2S. The van der Waals surface area contributed by atoms with Crippen molar-refractivity contribution in [2.75, 3.05) is 18.8 Å². The first-order valence-electron chi connectivity index (χ1n) is 6.61. The van der Waals surface area contributed by atoms with E-state index >= 15 is 0 Å². The molecular weight excluding hydrogens is 236 g/mol. The van der Waals surface area contributed by atoms with Gasteiger partial charge in [-0.1, -0.05) is 20.8 Å². The van der Waals surface area contributed by atoms with Crippen molar-refractivity contribution in [2.24, 2.45) is 11.8 Å². The van der Waals surface area contributed by atoms with E-state index in [0.29, 0.717) is 24.4 Å². The first-order valence-corrected chi connectivity index (χ1v) is 8.26. The van der Waals surface area contributed by atoms with Crippen molar-refractivity contribution in [3.05, 3.63) is 0 Å². The fourth-order valence-corrected chi connectivity index (χ4v) is 2.99. The number of hydrogen-bond donors (Lipinski definition) is 2. The Morgan fingerprint density at radius 3 is 2.47 bits per heavy atom. The lowest BCUT2D eigenvalue weighted by molar-refractivity contribution is 0.553. The summed E-state index contributed by atoms with van der Waals surface area (Å²) in [7, 11) is -3.04. The molecule has 1 fully saturated rings. The zero-order valence-corrected chi connectivity index (χ0v) is 12.0. The Kier molecular flexibility index (Phi) is 5.89. The summed E-state index contributed by atoms with van der Waals surface area (Å²) in [5.41, 5.74) is 0. The number of hydrogen-bond acceptors (Lipinski definition) is 3. The third kappa shape index (κ3) is 7.01. The Bertz CT molecular complexity index is 314. The second-order valence-corrected chi connectivity index (χ2v) is 7.38. The number of nitrogens with one attached hydrogen (secondary N) is 2. The Hall–Kier alpha value is -0.130. The highest BCUT2D eigenvalue weighted by Crippen LogP contribution is 2.36. The van der Waals surface area contributed by atoms with Gasteiger partial charge in [0.25, 0.3) is 0 Å². The summed E-state index contributed by atoms with van der Waals surface area (Å²) in [6.07, 6.45) is 2.81. The third-order valence-corrected chi connectivity index (χ3v) is 4.67. The maximum Gasteiger partial charge on any atom is 0.211 e. The van der Waals surface area contributed by atoms with E-state index in [1.165, 1.54) is 6.42 Å². The van der Waals surface area contributed by atoms with E-state index in [-0.39, 0.29) is 5.75 Å². The van der Waals surface area contributed by atoms with Gasteiger partial charge in [-0.05, 0) is 37.6 Å². The lowest BCUT2D eigenvalue weighted by Gasteiger charge is -2.08. The fraction of sp³-hybridized carbons (Fsp3) is 1.00. The van der Waals surface area contributed by atoms with Crippen LogP contribution < -0.4 is 10.0 Å². The molecule has 0 aliphatic heterocycles. The predicted octanol–water partition coefficient (Wildman–Crippen LogP) is 1.34. The van der Waals surface area contributed by atoms with Crippen molar-refractivity contribution in [2.45, 2.75) is 46.1 Å². The molecule has 1 aliphatic rings. The highest BCUT2D eigenvalue weighted by molar-refractivity contribution is 7.89. The Morgan fingerprint density at radius 1 is 1.29 bits per heavy atom. The second kappa shape index (κ2) is 6.71. The maximum atomic E-state index is 11.6. The molecule has 1 aliphatic carbocycles. The largest absolute Gasteiger partial charge is 0.315 e. The SMILES string of the molecule is CC(C)NCCCCS(=O)(=O)NCC1CC1C. The quantitative estimate of drug-likeness (QED) is 0.617. The minimum absolute atomic E-state index is 0.258. The molecule has 0 heterocycles. The molecule has 0 radical (unpaired) electrons. The van der Waals surface area contributed by atoms with Gasteiger partial charge < -0.3 is 5.32 Å². The summed E-state index contributed by atoms with van der Waals surface area (Å²) in [5, 5.41) is 3.28. The van der Waals surface area contributed by atoms with Crippen LogP contribution in [0.5, 0.6) is 0 Å². The molecule has 4 nitrogen and oxygen atoms in total. The molecule has 0 saturated heterocycles. The lowest BCUT2D eigenvalue weighted by Crippen LogP contribution is -2.29. The number of rotatable bonds is 9. The van der Waals surface area contributed by atoms with Gasteiger partial charge in [-0.25, -0.2) is 13.1 Å². The Morgan fingerprint density at radius 2 is 1.94 bits per heavy atom. The summed E-state index contributed by atoms with van der Waals surface area (Å²) < 4.78 is 26.0. The van der Waals surface area contributed by atoms with Gasteiger partial charge in [0, 0.05) is 12.6 Å². The molecule has 2 atom stereocenters. The van der Waals surface area contributed by atoms with Crippen LogP contribution in [0.25, 0.3) is 0 Å². The van der Waals surface area contributed by atoms with Crippen LogP contribution in [0.15, 0.2) is 0 Å². The third-order valence-electron chi connectivity index (χ3n) is 3.23. The average Bonchev–Trinajstić information content (AvgIpc) is 2.91. The van der Waals surface area contributed by atoms with Gasteiger partial charge >= 0.3 is 0 Å². The van der Waals surface area contributed by atoms with E-state index in [1.54, 1.807) is 0 Å². The zero-order chi connectivity index (χ0) is 12.9. The minimum atomic E-state index is -3.04. The van der Waals surface area contributed by atoms with E-state index in [0.717, 1.165) is 19.4 Å². The summed E-state index contributed by atoms with van der Waals surface area (Å²) in [5.74, 6) is 1.54. The normalized spacial score (nSPS) is 24.2. The van der Waals surface area contributed by atoms with Crippen LogP contribution >= 0.6 is 0 Å². The molecule has 0 amide bonds. The second-order valence-electron chi connectivity index (χ2n) is 5.46. The first-order chi connectivity index (χ1) is 7.91. The lowest BCUT2D eigenvalue weighted by atomic mass is 10.3. The molecule has 102 valence electrons. The van der Waals surface area contributed by atoms with Gasteiger partial charge in [0.1, 0.15) is 0 Å². The van der Waals surface area contributed by atoms with Crippen molar-refractivity contribution in [1.29, 1.82) is 0 Å². The van der Waals surface area contributed by atoms with Gasteiger partial charge in [-0.15, -0.1) is 0 Å². The van der Waals surface area contributed by atoms with Crippen LogP contribution in [-0.4, -0.2) is 33.3 Å². The Labute approximate surface area is 106 Å². The topological polar surface area (TPSA) is 58.2 Å².